The average molecular weight is 366 g/mol. The van der Waals surface area contributed by atoms with E-state index in [1.165, 1.54) is 23.0 Å². The Bertz CT molecular complexity index is 761. The minimum Gasteiger partial charge on any atom is -0.336 e. The molecule has 134 valence electrons. The molecule has 1 aliphatic rings. The van der Waals surface area contributed by atoms with Gasteiger partial charge < -0.3 is 10.6 Å². The number of rotatable bonds is 4. The maximum atomic E-state index is 12.6. The summed E-state index contributed by atoms with van der Waals surface area (Å²) >= 11 is 0. The molecule has 0 bridgehead atoms. The highest BCUT2D eigenvalue weighted by molar-refractivity contribution is 5.94. The van der Waals surface area contributed by atoms with E-state index < -0.39 is 4.92 Å². The van der Waals surface area contributed by atoms with Crippen LogP contribution >= 0.6 is 12.4 Å². The third-order valence-electron chi connectivity index (χ3n) is 4.41. The van der Waals surface area contributed by atoms with E-state index >= 15 is 0 Å². The van der Waals surface area contributed by atoms with E-state index in [1.807, 2.05) is 11.8 Å². The lowest BCUT2D eigenvalue weighted by atomic mass is 10.1. The van der Waals surface area contributed by atoms with Gasteiger partial charge in [0.05, 0.1) is 22.4 Å². The zero-order valence-electron chi connectivity index (χ0n) is 13.7. The van der Waals surface area contributed by atoms with Gasteiger partial charge in [-0.25, -0.2) is 4.68 Å². The lowest BCUT2D eigenvalue weighted by Crippen LogP contribution is -2.34. The molecule has 2 heterocycles. The van der Waals surface area contributed by atoms with Gasteiger partial charge in [-0.1, -0.05) is 0 Å². The zero-order valence-corrected chi connectivity index (χ0v) is 14.6. The molecule has 2 N–H and O–H groups in total. The van der Waals surface area contributed by atoms with Crippen LogP contribution < -0.4 is 5.73 Å². The Hall–Kier alpha value is -2.45. The van der Waals surface area contributed by atoms with Crippen LogP contribution in [0.2, 0.25) is 0 Å². The van der Waals surface area contributed by atoms with Crippen LogP contribution in [0.1, 0.15) is 23.7 Å². The smallest absolute Gasteiger partial charge is 0.269 e. The molecule has 9 heteroatoms. The second kappa shape index (κ2) is 7.62. The quantitative estimate of drug-likeness (QED) is 0.658. The van der Waals surface area contributed by atoms with Crippen LogP contribution in [0.15, 0.2) is 36.7 Å². The highest BCUT2D eigenvalue weighted by atomic mass is 35.5. The number of likely N-dealkylation sites (tertiary alicyclic amines) is 1. The van der Waals surface area contributed by atoms with Crippen molar-refractivity contribution in [3.05, 3.63) is 52.3 Å². The summed E-state index contributed by atoms with van der Waals surface area (Å²) in [6, 6.07) is 6.18. The fourth-order valence-electron chi connectivity index (χ4n) is 3.06. The predicted octanol–water partition coefficient (Wildman–Crippen LogP) is 2.01. The molecule has 0 aliphatic carbocycles. The zero-order chi connectivity index (χ0) is 17.3. The molecule has 2 unspecified atom stereocenters. The molecule has 3 rings (SSSR count). The van der Waals surface area contributed by atoms with Crippen LogP contribution in [0.3, 0.4) is 0 Å². The molecule has 0 spiro atoms. The summed E-state index contributed by atoms with van der Waals surface area (Å²) in [5, 5.41) is 14.9. The van der Waals surface area contributed by atoms with Crippen molar-refractivity contribution in [3.8, 4) is 5.69 Å². The normalized spacial score (nSPS) is 19.5. The first-order valence-electron chi connectivity index (χ1n) is 7.80. The SMILES string of the molecule is CC1CC(CN)CN1C(=O)c1cnn(-c2ccc([N+](=O)[O-])cc2)c1.Cl. The third-order valence-corrected chi connectivity index (χ3v) is 4.41. The topological polar surface area (TPSA) is 107 Å². The van der Waals surface area contributed by atoms with Crippen molar-refractivity contribution >= 4 is 24.0 Å². The lowest BCUT2D eigenvalue weighted by Gasteiger charge is -2.20. The van der Waals surface area contributed by atoms with Crippen molar-refractivity contribution in [1.29, 1.82) is 0 Å². The van der Waals surface area contributed by atoms with Crippen LogP contribution in [0, 0.1) is 16.0 Å². The summed E-state index contributed by atoms with van der Waals surface area (Å²) in [6.07, 6.45) is 4.08. The molecule has 1 aromatic heterocycles. The van der Waals surface area contributed by atoms with Crippen LogP contribution in [0.25, 0.3) is 5.69 Å². The number of carbonyl (C=O) groups excluding carboxylic acids is 1. The number of benzene rings is 1. The van der Waals surface area contributed by atoms with E-state index in [9.17, 15) is 14.9 Å². The number of halogens is 1. The highest BCUT2D eigenvalue weighted by Gasteiger charge is 2.32. The molecule has 1 fully saturated rings. The molecule has 0 radical (unpaired) electrons. The van der Waals surface area contributed by atoms with Crippen molar-refractivity contribution in [2.24, 2.45) is 11.7 Å². The second-order valence-electron chi connectivity index (χ2n) is 6.09. The van der Waals surface area contributed by atoms with E-state index in [1.54, 1.807) is 18.3 Å². The standard InChI is InChI=1S/C16H19N5O3.ClH/c1-11-6-12(7-17)9-19(11)16(22)13-8-18-20(10-13)14-2-4-15(5-3-14)21(23)24;/h2-5,8,10-12H,6-7,9,17H2,1H3;1H. The summed E-state index contributed by atoms with van der Waals surface area (Å²) in [5.41, 5.74) is 6.88. The fourth-order valence-corrected chi connectivity index (χ4v) is 3.06. The summed E-state index contributed by atoms with van der Waals surface area (Å²) in [6.45, 7) is 3.27. The molecule has 8 nitrogen and oxygen atoms in total. The number of nitrogens with two attached hydrogens (primary N) is 1. The molecule has 25 heavy (non-hydrogen) atoms. The molecular weight excluding hydrogens is 346 g/mol. The van der Waals surface area contributed by atoms with Gasteiger partial charge in [-0.05, 0) is 37.9 Å². The number of carbonyl (C=O) groups is 1. The Balaban J connectivity index is 0.00000225. The molecule has 1 saturated heterocycles. The first kappa shape index (κ1) is 18.9. The third kappa shape index (κ3) is 3.80. The Morgan fingerprint density at radius 3 is 2.64 bits per heavy atom. The van der Waals surface area contributed by atoms with Gasteiger partial charge in [-0.2, -0.15) is 5.10 Å². The van der Waals surface area contributed by atoms with Gasteiger partial charge in [0.25, 0.3) is 11.6 Å². The van der Waals surface area contributed by atoms with E-state index in [-0.39, 0.29) is 30.0 Å². The molecular formula is C16H20ClN5O3. The second-order valence-corrected chi connectivity index (χ2v) is 6.09. The number of nitro groups is 1. The van der Waals surface area contributed by atoms with Gasteiger partial charge in [0.2, 0.25) is 0 Å². The fraction of sp³-hybridized carbons (Fsp3) is 0.375. The molecule has 1 aromatic carbocycles. The minimum absolute atomic E-state index is 0. The number of nitrogens with zero attached hydrogens (tertiary/aromatic N) is 4. The summed E-state index contributed by atoms with van der Waals surface area (Å²) < 4.78 is 1.54. The van der Waals surface area contributed by atoms with E-state index in [0.717, 1.165) is 6.42 Å². The Morgan fingerprint density at radius 2 is 2.08 bits per heavy atom. The number of hydrogen-bond acceptors (Lipinski definition) is 5. The van der Waals surface area contributed by atoms with Gasteiger partial charge >= 0.3 is 0 Å². The predicted molar refractivity (Wildman–Crippen MR) is 95.1 cm³/mol. The Labute approximate surface area is 151 Å². The number of aromatic nitrogens is 2. The molecule has 2 aromatic rings. The van der Waals surface area contributed by atoms with E-state index in [4.69, 9.17) is 5.73 Å². The van der Waals surface area contributed by atoms with Gasteiger partial charge in [0, 0.05) is 30.9 Å². The van der Waals surface area contributed by atoms with E-state index in [2.05, 4.69) is 5.10 Å². The van der Waals surface area contributed by atoms with Crippen LogP contribution in [-0.2, 0) is 0 Å². The van der Waals surface area contributed by atoms with Gasteiger partial charge in [-0.15, -0.1) is 12.4 Å². The van der Waals surface area contributed by atoms with E-state index in [0.29, 0.717) is 30.3 Å². The molecule has 1 amide bonds. The maximum Gasteiger partial charge on any atom is 0.269 e. The lowest BCUT2D eigenvalue weighted by molar-refractivity contribution is -0.384. The summed E-state index contributed by atoms with van der Waals surface area (Å²) in [7, 11) is 0. The monoisotopic (exact) mass is 365 g/mol. The Morgan fingerprint density at radius 1 is 1.40 bits per heavy atom. The highest BCUT2D eigenvalue weighted by Crippen LogP contribution is 2.24. The molecule has 1 aliphatic heterocycles. The van der Waals surface area contributed by atoms with Crippen LogP contribution in [-0.4, -0.2) is 44.6 Å². The average Bonchev–Trinajstić information content (AvgIpc) is 3.21. The van der Waals surface area contributed by atoms with Crippen molar-refractivity contribution in [2.45, 2.75) is 19.4 Å². The van der Waals surface area contributed by atoms with Crippen LogP contribution in [0.4, 0.5) is 5.69 Å². The first-order chi connectivity index (χ1) is 11.5. The van der Waals surface area contributed by atoms with Crippen molar-refractivity contribution in [3.63, 3.8) is 0 Å². The van der Waals surface area contributed by atoms with Crippen molar-refractivity contribution in [1.82, 2.24) is 14.7 Å². The number of nitro benzene ring substituents is 1. The van der Waals surface area contributed by atoms with Gasteiger partial charge in [0.15, 0.2) is 0 Å². The van der Waals surface area contributed by atoms with Crippen molar-refractivity contribution < 1.29 is 9.72 Å². The molecule has 2 atom stereocenters. The molecule has 0 saturated carbocycles. The summed E-state index contributed by atoms with van der Waals surface area (Å²) in [4.78, 5) is 24.7. The van der Waals surface area contributed by atoms with Gasteiger partial charge in [0.1, 0.15) is 0 Å². The largest absolute Gasteiger partial charge is 0.336 e. The minimum atomic E-state index is -0.454. The van der Waals surface area contributed by atoms with Crippen LogP contribution in [0.5, 0.6) is 0 Å². The van der Waals surface area contributed by atoms with Crippen molar-refractivity contribution in [2.75, 3.05) is 13.1 Å². The maximum absolute atomic E-state index is 12.6. The number of hydrogen-bond donors (Lipinski definition) is 1. The first-order valence-corrected chi connectivity index (χ1v) is 7.80. The van der Waals surface area contributed by atoms with Gasteiger partial charge in [-0.3, -0.25) is 14.9 Å². The number of non-ortho nitro benzene ring substituents is 1. The Kier molecular flexibility index (Phi) is 5.76. The summed E-state index contributed by atoms with van der Waals surface area (Å²) in [5.74, 6) is 0.278. The number of amides is 1.